The average Bonchev–Trinajstić information content (AvgIpc) is 2.15. The lowest BCUT2D eigenvalue weighted by molar-refractivity contribution is 0.742. The molecule has 0 aliphatic heterocycles. The van der Waals surface area contributed by atoms with E-state index in [9.17, 15) is 0 Å². The number of rotatable bonds is 3. The second kappa shape index (κ2) is 5.74. The topological polar surface area (TPSA) is 12.4 Å². The first-order valence-electron chi connectivity index (χ1n) is 4.62. The van der Waals surface area contributed by atoms with Crippen LogP contribution in [0.25, 0.3) is 0 Å². The minimum absolute atomic E-state index is 0.114. The molecule has 0 N–H and O–H groups in total. The Balaban J connectivity index is 2.50. The molecule has 15 heavy (non-hydrogen) atoms. The number of benzene rings is 1. The molecule has 0 saturated carbocycles. The maximum absolute atomic E-state index is 5.56. The van der Waals surface area contributed by atoms with Gasteiger partial charge in [0.1, 0.15) is 0 Å². The zero-order chi connectivity index (χ0) is 11.3. The first-order chi connectivity index (χ1) is 6.97. The highest BCUT2D eigenvalue weighted by Crippen LogP contribution is 2.23. The van der Waals surface area contributed by atoms with Crippen LogP contribution >= 0.6 is 34.8 Å². The molecule has 0 saturated heterocycles. The molecule has 4 heteroatoms. The molecule has 0 heterocycles. The standard InChI is InChI=1S/C11H12Cl3N/c1-9(15-8-11(12,13)14)7-10-5-3-2-4-6-10/h2-6,8-9H,7H2,1H3/t9-/m0/s1. The summed E-state index contributed by atoms with van der Waals surface area (Å²) in [4.78, 5) is 4.17. The molecule has 1 atom stereocenters. The molecular formula is C11H12Cl3N. The van der Waals surface area contributed by atoms with E-state index in [2.05, 4.69) is 17.1 Å². The molecule has 1 nitrogen and oxygen atoms in total. The van der Waals surface area contributed by atoms with Crippen molar-refractivity contribution in [1.82, 2.24) is 0 Å². The van der Waals surface area contributed by atoms with Crippen LogP contribution in [0.3, 0.4) is 0 Å². The van der Waals surface area contributed by atoms with Crippen LogP contribution in [0.1, 0.15) is 12.5 Å². The summed E-state index contributed by atoms with van der Waals surface area (Å²) in [6.07, 6.45) is 2.20. The van der Waals surface area contributed by atoms with E-state index >= 15 is 0 Å². The van der Waals surface area contributed by atoms with Crippen molar-refractivity contribution in [2.75, 3.05) is 0 Å². The van der Waals surface area contributed by atoms with Crippen LogP contribution in [0.5, 0.6) is 0 Å². The Morgan fingerprint density at radius 2 is 1.87 bits per heavy atom. The molecule has 0 amide bonds. The molecule has 0 radical (unpaired) electrons. The number of hydrogen-bond acceptors (Lipinski definition) is 1. The molecule has 1 aromatic carbocycles. The van der Waals surface area contributed by atoms with Crippen molar-refractivity contribution >= 4 is 41.0 Å². The average molecular weight is 265 g/mol. The van der Waals surface area contributed by atoms with E-state index < -0.39 is 3.79 Å². The third kappa shape index (κ3) is 6.03. The van der Waals surface area contributed by atoms with E-state index in [1.807, 2.05) is 25.1 Å². The first-order valence-corrected chi connectivity index (χ1v) is 5.76. The molecule has 82 valence electrons. The normalized spacial score (nSPS) is 14.4. The maximum atomic E-state index is 5.56. The third-order valence-electron chi connectivity index (χ3n) is 1.85. The molecule has 0 aliphatic carbocycles. The Morgan fingerprint density at radius 1 is 1.27 bits per heavy atom. The van der Waals surface area contributed by atoms with Gasteiger partial charge in [0.05, 0.1) is 12.3 Å². The summed E-state index contributed by atoms with van der Waals surface area (Å²) in [5, 5.41) is 0. The van der Waals surface area contributed by atoms with Crippen molar-refractivity contribution in [3.63, 3.8) is 0 Å². The number of aliphatic imine (C=N–C) groups is 1. The summed E-state index contributed by atoms with van der Waals surface area (Å²) < 4.78 is -1.40. The molecule has 0 bridgehead atoms. The van der Waals surface area contributed by atoms with E-state index in [0.29, 0.717) is 0 Å². The van der Waals surface area contributed by atoms with Crippen LogP contribution < -0.4 is 0 Å². The lowest BCUT2D eigenvalue weighted by Crippen LogP contribution is -2.09. The second-order valence-electron chi connectivity index (χ2n) is 3.36. The van der Waals surface area contributed by atoms with Crippen molar-refractivity contribution in [3.05, 3.63) is 35.9 Å². The Hall–Kier alpha value is -0.240. The third-order valence-corrected chi connectivity index (χ3v) is 2.14. The number of nitrogens with zero attached hydrogens (tertiary/aromatic N) is 1. The van der Waals surface area contributed by atoms with Gasteiger partial charge in [0.25, 0.3) is 0 Å². The summed E-state index contributed by atoms with van der Waals surface area (Å²) in [7, 11) is 0. The highest BCUT2D eigenvalue weighted by atomic mass is 35.6. The monoisotopic (exact) mass is 263 g/mol. The van der Waals surface area contributed by atoms with Gasteiger partial charge in [-0.1, -0.05) is 65.1 Å². The van der Waals surface area contributed by atoms with Gasteiger partial charge >= 0.3 is 0 Å². The molecule has 1 aromatic rings. The van der Waals surface area contributed by atoms with Crippen LogP contribution in [0, 0.1) is 0 Å². The van der Waals surface area contributed by atoms with Gasteiger partial charge in [-0.3, -0.25) is 4.99 Å². The van der Waals surface area contributed by atoms with Crippen molar-refractivity contribution in [2.45, 2.75) is 23.2 Å². The second-order valence-corrected chi connectivity index (χ2v) is 5.73. The van der Waals surface area contributed by atoms with Gasteiger partial charge in [-0.2, -0.15) is 0 Å². The van der Waals surface area contributed by atoms with Gasteiger partial charge in [-0.15, -0.1) is 0 Å². The summed E-state index contributed by atoms with van der Waals surface area (Å²) in [6.45, 7) is 1.99. The zero-order valence-electron chi connectivity index (χ0n) is 8.33. The Kier molecular flexibility index (Phi) is 4.91. The van der Waals surface area contributed by atoms with Gasteiger partial charge < -0.3 is 0 Å². The maximum Gasteiger partial charge on any atom is 0.225 e. The highest BCUT2D eigenvalue weighted by molar-refractivity contribution is 6.74. The minimum atomic E-state index is -1.40. The Bertz CT molecular complexity index is 316. The van der Waals surface area contributed by atoms with Crippen molar-refractivity contribution in [1.29, 1.82) is 0 Å². The molecule has 1 rings (SSSR count). The fourth-order valence-corrected chi connectivity index (χ4v) is 1.39. The first kappa shape index (κ1) is 12.8. The van der Waals surface area contributed by atoms with Gasteiger partial charge in [0.2, 0.25) is 3.79 Å². The van der Waals surface area contributed by atoms with Crippen LogP contribution in [-0.2, 0) is 6.42 Å². The molecule has 0 fully saturated rings. The Morgan fingerprint density at radius 3 is 2.40 bits per heavy atom. The predicted octanol–water partition coefficient (Wildman–Crippen LogP) is 4.06. The minimum Gasteiger partial charge on any atom is -0.290 e. The van der Waals surface area contributed by atoms with Gasteiger partial charge in [-0.25, -0.2) is 0 Å². The lowest BCUT2D eigenvalue weighted by Gasteiger charge is -2.08. The largest absolute Gasteiger partial charge is 0.290 e. The highest BCUT2D eigenvalue weighted by Gasteiger charge is 2.15. The summed E-state index contributed by atoms with van der Waals surface area (Å²) >= 11 is 16.7. The molecule has 0 spiro atoms. The summed E-state index contributed by atoms with van der Waals surface area (Å²) in [5.41, 5.74) is 1.23. The Labute approximate surface area is 105 Å². The van der Waals surface area contributed by atoms with Gasteiger partial charge in [-0.05, 0) is 18.9 Å². The van der Waals surface area contributed by atoms with Crippen LogP contribution in [-0.4, -0.2) is 16.0 Å². The van der Waals surface area contributed by atoms with Crippen molar-refractivity contribution in [3.8, 4) is 0 Å². The smallest absolute Gasteiger partial charge is 0.225 e. The van der Waals surface area contributed by atoms with Gasteiger partial charge in [0.15, 0.2) is 0 Å². The zero-order valence-corrected chi connectivity index (χ0v) is 10.6. The van der Waals surface area contributed by atoms with Crippen LogP contribution in [0.2, 0.25) is 0 Å². The predicted molar refractivity (Wildman–Crippen MR) is 68.4 cm³/mol. The van der Waals surface area contributed by atoms with E-state index in [1.54, 1.807) is 0 Å². The van der Waals surface area contributed by atoms with Gasteiger partial charge in [0, 0.05) is 0 Å². The van der Waals surface area contributed by atoms with E-state index in [4.69, 9.17) is 34.8 Å². The SMILES string of the molecule is C[C@@H](Cc1ccccc1)N=CC(Cl)(Cl)Cl. The van der Waals surface area contributed by atoms with Crippen LogP contribution in [0.15, 0.2) is 35.3 Å². The lowest BCUT2D eigenvalue weighted by atomic mass is 10.1. The van der Waals surface area contributed by atoms with Crippen molar-refractivity contribution < 1.29 is 0 Å². The van der Waals surface area contributed by atoms with E-state index in [1.165, 1.54) is 11.8 Å². The fourth-order valence-electron chi connectivity index (χ4n) is 1.22. The molecule has 0 aromatic heterocycles. The van der Waals surface area contributed by atoms with Crippen molar-refractivity contribution in [2.24, 2.45) is 4.99 Å². The summed E-state index contributed by atoms with van der Waals surface area (Å²) in [5.74, 6) is 0. The molecular weight excluding hydrogens is 252 g/mol. The molecule has 0 unspecified atom stereocenters. The summed E-state index contributed by atoms with van der Waals surface area (Å²) in [6, 6.07) is 10.2. The number of alkyl halides is 3. The quantitative estimate of drug-likeness (QED) is 0.577. The van der Waals surface area contributed by atoms with E-state index in [0.717, 1.165) is 6.42 Å². The molecule has 0 aliphatic rings. The van der Waals surface area contributed by atoms with E-state index in [-0.39, 0.29) is 6.04 Å². The fraction of sp³-hybridized carbons (Fsp3) is 0.364. The number of hydrogen-bond donors (Lipinski definition) is 0. The van der Waals surface area contributed by atoms with Crippen LogP contribution in [0.4, 0.5) is 0 Å². The number of halogens is 3.